The van der Waals surface area contributed by atoms with Crippen molar-refractivity contribution < 1.29 is 33.4 Å². The van der Waals surface area contributed by atoms with Crippen molar-refractivity contribution >= 4 is 29.6 Å². The molecule has 43 heavy (non-hydrogen) atoms. The van der Waals surface area contributed by atoms with E-state index in [-0.39, 0.29) is 31.6 Å². The Morgan fingerprint density at radius 1 is 1.05 bits per heavy atom. The van der Waals surface area contributed by atoms with Crippen LogP contribution in [0.4, 0.5) is 4.79 Å². The number of hydrogen-bond acceptors (Lipinski definition) is 7. The van der Waals surface area contributed by atoms with Gasteiger partial charge < -0.3 is 30.7 Å². The molecule has 1 unspecified atom stereocenters. The van der Waals surface area contributed by atoms with Crippen LogP contribution in [-0.4, -0.2) is 70.9 Å². The summed E-state index contributed by atoms with van der Waals surface area (Å²) in [5.74, 6) is -3.24. The van der Waals surface area contributed by atoms with Gasteiger partial charge in [0.05, 0.1) is 17.7 Å². The number of Topliss-reactive ketones (excluding diaryl/α,β-unsaturated/α-hetero) is 1. The Bertz CT molecular complexity index is 1200. The van der Waals surface area contributed by atoms with Gasteiger partial charge in [0.15, 0.2) is 0 Å². The van der Waals surface area contributed by atoms with Gasteiger partial charge in [0.25, 0.3) is 5.91 Å². The van der Waals surface area contributed by atoms with Crippen LogP contribution in [-0.2, 0) is 35.3 Å². The summed E-state index contributed by atoms with van der Waals surface area (Å²) in [6.45, 7) is 4.10. The molecule has 1 aromatic rings. The number of nitrogens with zero attached hydrogens (tertiary/aromatic N) is 1. The van der Waals surface area contributed by atoms with E-state index in [0.717, 1.165) is 31.2 Å². The molecule has 234 valence electrons. The second-order valence-electron chi connectivity index (χ2n) is 12.3. The third kappa shape index (κ3) is 8.65. The highest BCUT2D eigenvalue weighted by molar-refractivity contribution is 6.37. The van der Waals surface area contributed by atoms with Crippen molar-refractivity contribution in [3.63, 3.8) is 0 Å². The molecular weight excluding hydrogens is 552 g/mol. The standard InChI is InChI=1S/C32H44N4O7/c1-32(2)18-22-25(43-32)19-36-26(22)29(39)34-23(27(37)28(33)38)16-12-7-5-3-4-6-8-13-17-24(30(36)40)35-31(41)42-20-21-14-10-9-11-15-21/h3-4,9-11,14-15,22-26H,5-8,12-13,16-20H2,1-2H3,(H2,33,38)(H,34,39)(H,35,41)/b4-3+/t22-,23-,24-,25?,26-/m0/s1. The van der Waals surface area contributed by atoms with Gasteiger partial charge in [-0.25, -0.2) is 4.79 Å². The number of ketones is 1. The minimum absolute atomic E-state index is 0.0511. The van der Waals surface area contributed by atoms with E-state index in [9.17, 15) is 24.0 Å². The Labute approximate surface area is 252 Å². The van der Waals surface area contributed by atoms with Gasteiger partial charge in [0.1, 0.15) is 18.7 Å². The third-order valence-corrected chi connectivity index (χ3v) is 8.42. The maximum Gasteiger partial charge on any atom is 0.408 e. The summed E-state index contributed by atoms with van der Waals surface area (Å²) < 4.78 is 11.6. The van der Waals surface area contributed by atoms with Crippen molar-refractivity contribution in [2.75, 3.05) is 6.54 Å². The number of nitrogens with one attached hydrogen (secondary N) is 2. The van der Waals surface area contributed by atoms with Crippen molar-refractivity contribution in [3.8, 4) is 0 Å². The lowest BCUT2D eigenvalue weighted by molar-refractivity contribution is -0.143. The van der Waals surface area contributed by atoms with Gasteiger partial charge in [-0.2, -0.15) is 0 Å². The van der Waals surface area contributed by atoms with Crippen LogP contribution in [0.25, 0.3) is 0 Å². The van der Waals surface area contributed by atoms with Gasteiger partial charge in [-0.1, -0.05) is 55.3 Å². The summed E-state index contributed by atoms with van der Waals surface area (Å²) in [6.07, 6.45) is 8.71. The van der Waals surface area contributed by atoms with Crippen molar-refractivity contribution in [1.29, 1.82) is 0 Å². The summed E-state index contributed by atoms with van der Waals surface area (Å²) in [7, 11) is 0. The fourth-order valence-corrected chi connectivity index (χ4v) is 6.35. The van der Waals surface area contributed by atoms with Crippen molar-refractivity contribution in [1.82, 2.24) is 15.5 Å². The molecule has 3 heterocycles. The normalized spacial score (nSPS) is 29.0. The van der Waals surface area contributed by atoms with Crippen LogP contribution in [0.1, 0.15) is 77.2 Å². The van der Waals surface area contributed by atoms with Gasteiger partial charge in [0.2, 0.25) is 17.6 Å². The number of carbonyl (C=O) groups excluding carboxylic acids is 5. The zero-order valence-electron chi connectivity index (χ0n) is 25.1. The van der Waals surface area contributed by atoms with E-state index < -0.39 is 53.3 Å². The van der Waals surface area contributed by atoms with E-state index >= 15 is 0 Å². The molecule has 0 bridgehead atoms. The molecule has 2 fully saturated rings. The molecule has 0 saturated carbocycles. The molecule has 0 spiro atoms. The minimum atomic E-state index is -1.11. The SMILES string of the molecule is CC1(C)C[C@H]2C(CN3C(=O)[C@@H](NC(=O)OCc4ccccc4)CCCC/C=C/CCCC[C@@H](C(=O)C(N)=O)NC(=O)[C@H]23)O1. The second kappa shape index (κ2) is 14.6. The number of carbonyl (C=O) groups is 5. The van der Waals surface area contributed by atoms with Crippen molar-refractivity contribution in [3.05, 3.63) is 48.0 Å². The molecule has 0 radical (unpaired) electrons. The van der Waals surface area contributed by atoms with Crippen LogP contribution in [0.2, 0.25) is 0 Å². The number of fused-ring (bicyclic) bond motifs is 3. The first-order chi connectivity index (χ1) is 20.6. The Morgan fingerprint density at radius 2 is 1.72 bits per heavy atom. The zero-order valence-corrected chi connectivity index (χ0v) is 25.1. The van der Waals surface area contributed by atoms with E-state index in [2.05, 4.69) is 22.8 Å². The quantitative estimate of drug-likeness (QED) is 0.348. The van der Waals surface area contributed by atoms with E-state index in [1.807, 2.05) is 44.2 Å². The van der Waals surface area contributed by atoms with Crippen LogP contribution < -0.4 is 16.4 Å². The van der Waals surface area contributed by atoms with Crippen LogP contribution in [0, 0.1) is 5.92 Å². The monoisotopic (exact) mass is 596 g/mol. The summed E-state index contributed by atoms with van der Waals surface area (Å²) in [4.78, 5) is 66.8. The lowest BCUT2D eigenvalue weighted by Gasteiger charge is -2.32. The molecule has 0 aromatic heterocycles. The van der Waals surface area contributed by atoms with E-state index in [4.69, 9.17) is 15.2 Å². The Kier molecular flexibility index (Phi) is 11.0. The summed E-state index contributed by atoms with van der Waals surface area (Å²) in [5, 5.41) is 5.49. The number of allylic oxidation sites excluding steroid dienone is 2. The van der Waals surface area contributed by atoms with E-state index in [1.165, 1.54) is 4.90 Å². The van der Waals surface area contributed by atoms with Crippen molar-refractivity contribution in [2.24, 2.45) is 11.7 Å². The smallest absolute Gasteiger partial charge is 0.408 e. The number of rotatable bonds is 5. The summed E-state index contributed by atoms with van der Waals surface area (Å²) >= 11 is 0. The first-order valence-corrected chi connectivity index (χ1v) is 15.3. The third-order valence-electron chi connectivity index (χ3n) is 8.42. The predicted octanol–water partition coefficient (Wildman–Crippen LogP) is 2.91. The van der Waals surface area contributed by atoms with E-state index in [1.54, 1.807) is 0 Å². The summed E-state index contributed by atoms with van der Waals surface area (Å²) in [6, 6.07) is 6.29. The Hall–Kier alpha value is -3.73. The average molecular weight is 597 g/mol. The number of primary amides is 1. The summed E-state index contributed by atoms with van der Waals surface area (Å²) in [5.41, 5.74) is 5.64. The second-order valence-corrected chi connectivity index (χ2v) is 12.3. The molecular formula is C32H44N4O7. The molecule has 11 nitrogen and oxygen atoms in total. The van der Waals surface area contributed by atoms with Crippen LogP contribution >= 0.6 is 0 Å². The lowest BCUT2D eigenvalue weighted by atomic mass is 9.89. The Morgan fingerprint density at radius 3 is 2.40 bits per heavy atom. The van der Waals surface area contributed by atoms with Gasteiger partial charge in [0, 0.05) is 12.5 Å². The van der Waals surface area contributed by atoms with Gasteiger partial charge >= 0.3 is 6.09 Å². The molecule has 5 atom stereocenters. The fourth-order valence-electron chi connectivity index (χ4n) is 6.35. The molecule has 4 rings (SSSR count). The number of nitrogens with two attached hydrogens (primary N) is 1. The lowest BCUT2D eigenvalue weighted by Crippen LogP contribution is -2.57. The number of hydrogen-bond donors (Lipinski definition) is 3. The molecule has 0 aliphatic carbocycles. The topological polar surface area (TPSA) is 157 Å². The maximum atomic E-state index is 14.1. The highest BCUT2D eigenvalue weighted by atomic mass is 16.5. The van der Waals surface area contributed by atoms with Crippen LogP contribution in [0.15, 0.2) is 42.5 Å². The number of ether oxygens (including phenoxy) is 2. The first-order valence-electron chi connectivity index (χ1n) is 15.3. The first kappa shape index (κ1) is 32.2. The highest BCUT2D eigenvalue weighted by Crippen LogP contribution is 2.43. The van der Waals surface area contributed by atoms with Gasteiger partial charge in [-0.3, -0.25) is 19.2 Å². The van der Waals surface area contributed by atoms with Crippen LogP contribution in [0.3, 0.4) is 0 Å². The molecule has 3 aliphatic rings. The maximum absolute atomic E-state index is 14.1. The largest absolute Gasteiger partial charge is 0.445 e. The van der Waals surface area contributed by atoms with Gasteiger partial charge in [-0.05, 0) is 64.4 Å². The fraction of sp³-hybridized carbons (Fsp3) is 0.594. The predicted molar refractivity (Wildman–Crippen MR) is 158 cm³/mol. The number of benzene rings is 1. The van der Waals surface area contributed by atoms with Gasteiger partial charge in [-0.15, -0.1) is 0 Å². The molecule has 4 N–H and O–H groups in total. The number of amides is 4. The number of alkyl carbamates (subject to hydrolysis) is 1. The minimum Gasteiger partial charge on any atom is -0.445 e. The average Bonchev–Trinajstić information content (AvgIpc) is 3.46. The van der Waals surface area contributed by atoms with E-state index in [0.29, 0.717) is 25.7 Å². The highest BCUT2D eigenvalue weighted by Gasteiger charge is 2.56. The molecule has 4 amide bonds. The molecule has 2 saturated heterocycles. The molecule has 1 aromatic carbocycles. The molecule has 3 aliphatic heterocycles. The Balaban J connectivity index is 1.58. The van der Waals surface area contributed by atoms with Crippen LogP contribution in [0.5, 0.6) is 0 Å². The van der Waals surface area contributed by atoms with Crippen molar-refractivity contribution in [2.45, 2.75) is 108 Å². The molecule has 11 heteroatoms. The zero-order chi connectivity index (χ0) is 31.0.